The second-order valence-corrected chi connectivity index (χ2v) is 4.54. The molecule has 1 fully saturated rings. The molecule has 1 aromatic heterocycles. The Balaban J connectivity index is 2.31. The highest BCUT2D eigenvalue weighted by Crippen LogP contribution is 2.20. The Morgan fingerprint density at radius 1 is 1.42 bits per heavy atom. The predicted molar refractivity (Wildman–Crippen MR) is 65.3 cm³/mol. The summed E-state index contributed by atoms with van der Waals surface area (Å²) in [5, 5.41) is 16.0. The van der Waals surface area contributed by atoms with Gasteiger partial charge in [0.05, 0.1) is 18.8 Å². The third-order valence-corrected chi connectivity index (χ3v) is 3.09. The zero-order valence-corrected chi connectivity index (χ0v) is 11.1. The zero-order chi connectivity index (χ0) is 14.0. The summed E-state index contributed by atoms with van der Waals surface area (Å²) in [4.78, 5) is 24.5. The fourth-order valence-corrected chi connectivity index (χ4v) is 2.03. The summed E-state index contributed by atoms with van der Waals surface area (Å²) in [6.45, 7) is 0.358. The SMILES string of the molecule is O=C(O)C1COCCN1C(=O)c1cc(Cl)nnc1Cl. The Bertz CT molecular complexity index is 525. The van der Waals surface area contributed by atoms with Crippen molar-refractivity contribution in [2.75, 3.05) is 19.8 Å². The van der Waals surface area contributed by atoms with Crippen molar-refractivity contribution in [3.05, 3.63) is 21.9 Å². The third kappa shape index (κ3) is 2.94. The summed E-state index contributed by atoms with van der Waals surface area (Å²) in [6.07, 6.45) is 0. The standard InChI is InChI=1S/C10H9Cl2N3O4/c11-7-3-5(8(12)14-13-7)9(16)15-1-2-19-4-6(15)10(17)18/h3,6H,1-2,4H2,(H,17,18). The highest BCUT2D eigenvalue weighted by Gasteiger charge is 2.34. The Morgan fingerprint density at radius 3 is 2.84 bits per heavy atom. The number of carboxylic acids is 1. The predicted octanol–water partition coefficient (Wildman–Crippen LogP) is 0.709. The molecule has 1 N–H and O–H groups in total. The first-order valence-electron chi connectivity index (χ1n) is 5.31. The molecule has 102 valence electrons. The normalized spacial score (nSPS) is 19.3. The molecule has 0 aliphatic carbocycles. The maximum Gasteiger partial charge on any atom is 0.328 e. The lowest BCUT2D eigenvalue weighted by atomic mass is 10.2. The number of carboxylic acid groups (broad SMARTS) is 1. The van der Waals surface area contributed by atoms with Gasteiger partial charge in [0, 0.05) is 6.54 Å². The van der Waals surface area contributed by atoms with Crippen molar-refractivity contribution in [1.82, 2.24) is 15.1 Å². The topological polar surface area (TPSA) is 92.6 Å². The van der Waals surface area contributed by atoms with Crippen LogP contribution in [0.15, 0.2) is 6.07 Å². The number of hydrogen-bond acceptors (Lipinski definition) is 5. The number of hydrogen-bond donors (Lipinski definition) is 1. The van der Waals surface area contributed by atoms with Gasteiger partial charge in [0.25, 0.3) is 5.91 Å². The number of nitrogens with zero attached hydrogens (tertiary/aromatic N) is 3. The lowest BCUT2D eigenvalue weighted by molar-refractivity contribution is -0.147. The highest BCUT2D eigenvalue weighted by atomic mass is 35.5. The van der Waals surface area contributed by atoms with E-state index in [9.17, 15) is 9.59 Å². The lowest BCUT2D eigenvalue weighted by Gasteiger charge is -2.32. The Kier molecular flexibility index (Phi) is 4.18. The van der Waals surface area contributed by atoms with Crippen LogP contribution in [-0.2, 0) is 9.53 Å². The van der Waals surface area contributed by atoms with Gasteiger partial charge in [-0.1, -0.05) is 23.2 Å². The molecule has 7 nitrogen and oxygen atoms in total. The summed E-state index contributed by atoms with van der Waals surface area (Å²) >= 11 is 11.4. The Labute approximate surface area is 118 Å². The fraction of sp³-hybridized carbons (Fsp3) is 0.400. The van der Waals surface area contributed by atoms with Crippen molar-refractivity contribution in [3.63, 3.8) is 0 Å². The average Bonchev–Trinajstić information content (AvgIpc) is 2.40. The van der Waals surface area contributed by atoms with E-state index in [0.717, 1.165) is 0 Å². The van der Waals surface area contributed by atoms with E-state index in [1.807, 2.05) is 0 Å². The van der Waals surface area contributed by atoms with E-state index >= 15 is 0 Å². The highest BCUT2D eigenvalue weighted by molar-refractivity contribution is 6.34. The van der Waals surface area contributed by atoms with Crippen LogP contribution in [0.3, 0.4) is 0 Å². The Hall–Kier alpha value is -1.44. The molecule has 0 aromatic carbocycles. The van der Waals surface area contributed by atoms with Crippen molar-refractivity contribution in [2.24, 2.45) is 0 Å². The molecule has 2 rings (SSSR count). The van der Waals surface area contributed by atoms with Crippen LogP contribution in [0, 0.1) is 0 Å². The van der Waals surface area contributed by atoms with E-state index in [1.54, 1.807) is 0 Å². The number of halogens is 2. The molecule has 0 saturated carbocycles. The molecule has 1 unspecified atom stereocenters. The molecule has 1 amide bonds. The van der Waals surface area contributed by atoms with E-state index < -0.39 is 17.9 Å². The van der Waals surface area contributed by atoms with E-state index in [1.165, 1.54) is 11.0 Å². The van der Waals surface area contributed by atoms with Crippen LogP contribution >= 0.6 is 23.2 Å². The van der Waals surface area contributed by atoms with Crippen LogP contribution in [0.4, 0.5) is 0 Å². The summed E-state index contributed by atoms with van der Waals surface area (Å²) < 4.78 is 5.05. The number of amides is 1. The Morgan fingerprint density at radius 2 is 2.16 bits per heavy atom. The largest absolute Gasteiger partial charge is 0.480 e. The van der Waals surface area contributed by atoms with E-state index in [0.29, 0.717) is 0 Å². The monoisotopic (exact) mass is 305 g/mol. The number of carbonyl (C=O) groups excluding carboxylic acids is 1. The smallest absolute Gasteiger partial charge is 0.328 e. The molecule has 1 atom stereocenters. The average molecular weight is 306 g/mol. The second kappa shape index (κ2) is 5.68. The molecule has 0 radical (unpaired) electrons. The maximum absolute atomic E-state index is 12.3. The van der Waals surface area contributed by atoms with Gasteiger partial charge in [0.2, 0.25) is 0 Å². The van der Waals surface area contributed by atoms with Crippen molar-refractivity contribution in [3.8, 4) is 0 Å². The van der Waals surface area contributed by atoms with Crippen molar-refractivity contribution in [2.45, 2.75) is 6.04 Å². The van der Waals surface area contributed by atoms with E-state index in [2.05, 4.69) is 10.2 Å². The van der Waals surface area contributed by atoms with Crippen LogP contribution in [-0.4, -0.2) is 57.9 Å². The van der Waals surface area contributed by atoms with Crippen LogP contribution in [0.2, 0.25) is 10.3 Å². The molecule has 2 heterocycles. The van der Waals surface area contributed by atoms with Crippen LogP contribution in [0.1, 0.15) is 10.4 Å². The van der Waals surface area contributed by atoms with Gasteiger partial charge in [-0.05, 0) is 6.07 Å². The molecular formula is C10H9Cl2N3O4. The summed E-state index contributed by atoms with van der Waals surface area (Å²) in [7, 11) is 0. The van der Waals surface area contributed by atoms with E-state index in [-0.39, 0.29) is 35.6 Å². The van der Waals surface area contributed by atoms with Gasteiger partial charge in [-0.15, -0.1) is 10.2 Å². The van der Waals surface area contributed by atoms with Gasteiger partial charge in [0.1, 0.15) is 0 Å². The summed E-state index contributed by atoms with van der Waals surface area (Å²) in [5.41, 5.74) is 0.0230. The number of morpholine rings is 1. The third-order valence-electron chi connectivity index (χ3n) is 2.62. The number of rotatable bonds is 2. The van der Waals surface area contributed by atoms with Crippen molar-refractivity contribution in [1.29, 1.82) is 0 Å². The molecule has 0 bridgehead atoms. The van der Waals surface area contributed by atoms with Crippen molar-refractivity contribution < 1.29 is 19.4 Å². The van der Waals surface area contributed by atoms with Gasteiger partial charge in [-0.25, -0.2) is 4.79 Å². The maximum atomic E-state index is 12.3. The molecule has 1 saturated heterocycles. The van der Waals surface area contributed by atoms with Crippen LogP contribution in [0.25, 0.3) is 0 Å². The molecular weight excluding hydrogens is 297 g/mol. The van der Waals surface area contributed by atoms with Gasteiger partial charge in [-0.2, -0.15) is 0 Å². The summed E-state index contributed by atoms with van der Waals surface area (Å²) in [6, 6.07) is 0.206. The molecule has 0 spiro atoms. The van der Waals surface area contributed by atoms with Crippen LogP contribution in [0.5, 0.6) is 0 Å². The number of aromatic nitrogens is 2. The minimum atomic E-state index is -1.14. The lowest BCUT2D eigenvalue weighted by Crippen LogP contribution is -2.52. The molecule has 1 aromatic rings. The first-order valence-corrected chi connectivity index (χ1v) is 6.06. The van der Waals surface area contributed by atoms with E-state index in [4.69, 9.17) is 33.0 Å². The molecule has 1 aliphatic heterocycles. The number of carbonyl (C=O) groups is 2. The number of aliphatic carboxylic acids is 1. The quantitative estimate of drug-likeness (QED) is 0.865. The van der Waals surface area contributed by atoms with Crippen molar-refractivity contribution >= 4 is 35.1 Å². The zero-order valence-electron chi connectivity index (χ0n) is 9.55. The van der Waals surface area contributed by atoms with Crippen LogP contribution < -0.4 is 0 Å². The first kappa shape index (κ1) is 14.0. The minimum Gasteiger partial charge on any atom is -0.480 e. The molecule has 19 heavy (non-hydrogen) atoms. The molecule has 9 heteroatoms. The number of ether oxygens (including phenoxy) is 1. The fourth-order valence-electron chi connectivity index (χ4n) is 1.71. The van der Waals surface area contributed by atoms with Gasteiger partial charge >= 0.3 is 5.97 Å². The second-order valence-electron chi connectivity index (χ2n) is 3.80. The summed E-state index contributed by atoms with van der Waals surface area (Å²) in [5.74, 6) is -1.70. The molecule has 1 aliphatic rings. The van der Waals surface area contributed by atoms with Gasteiger partial charge in [-0.3, -0.25) is 4.79 Å². The minimum absolute atomic E-state index is 0.00730. The first-order chi connectivity index (χ1) is 9.00. The van der Waals surface area contributed by atoms with Gasteiger partial charge in [0.15, 0.2) is 16.3 Å². The van der Waals surface area contributed by atoms with Gasteiger partial charge < -0.3 is 14.7 Å².